The largest absolute Gasteiger partial charge is 0.474 e. The van der Waals surface area contributed by atoms with Crippen molar-refractivity contribution < 1.29 is 19.2 Å². The van der Waals surface area contributed by atoms with Gasteiger partial charge < -0.3 is 19.6 Å². The van der Waals surface area contributed by atoms with Crippen LogP contribution in [0.1, 0.15) is 13.3 Å². The zero-order chi connectivity index (χ0) is 12.7. The molecule has 0 aliphatic heterocycles. The molecule has 0 N–H and O–H groups in total. The third kappa shape index (κ3) is 4.06. The molecule has 1 aromatic rings. The molecule has 1 aromatic heterocycles. The van der Waals surface area contributed by atoms with Crippen molar-refractivity contribution in [2.45, 2.75) is 13.3 Å². The molecule has 7 nitrogen and oxygen atoms in total. The summed E-state index contributed by atoms with van der Waals surface area (Å²) in [7, 11) is 0. The number of aromatic nitrogens is 1. The van der Waals surface area contributed by atoms with Gasteiger partial charge in [0.15, 0.2) is 6.61 Å². The summed E-state index contributed by atoms with van der Waals surface area (Å²) in [5.74, 6) is -1.04. The molecule has 0 fully saturated rings. The maximum absolute atomic E-state index is 11.1. The van der Waals surface area contributed by atoms with Crippen LogP contribution in [0.5, 0.6) is 5.75 Å². The minimum Gasteiger partial charge on any atom is -0.474 e. The van der Waals surface area contributed by atoms with Crippen LogP contribution in [0.4, 0.5) is 5.82 Å². The van der Waals surface area contributed by atoms with Gasteiger partial charge in [0, 0.05) is 0 Å². The van der Waals surface area contributed by atoms with Crippen molar-refractivity contribution in [2.24, 2.45) is 0 Å². The number of carbonyl (C=O) groups excluding carboxylic acids is 1. The molecule has 0 atom stereocenters. The SMILES string of the molecule is CCCOC(=O)COc1cccnc1[N+](=O)[O-]. The number of hydrogen-bond acceptors (Lipinski definition) is 6. The molecule has 0 bridgehead atoms. The number of carbonyl (C=O) groups is 1. The Hall–Kier alpha value is -2.18. The standard InChI is InChI=1S/C10H12N2O5/c1-2-6-16-9(13)7-17-8-4-3-5-11-10(8)12(14)15/h3-5H,2,6-7H2,1H3. The molecule has 0 saturated carbocycles. The molecule has 7 heteroatoms. The van der Waals surface area contributed by atoms with E-state index < -0.39 is 16.7 Å². The van der Waals surface area contributed by atoms with Crippen LogP contribution < -0.4 is 4.74 Å². The molecule has 17 heavy (non-hydrogen) atoms. The normalized spacial score (nSPS) is 9.71. The Kier molecular flexibility index (Phi) is 4.86. The fourth-order valence-electron chi connectivity index (χ4n) is 1.03. The van der Waals surface area contributed by atoms with E-state index in [4.69, 9.17) is 9.47 Å². The lowest BCUT2D eigenvalue weighted by atomic mass is 10.4. The van der Waals surface area contributed by atoms with Crippen LogP contribution in [0.2, 0.25) is 0 Å². The highest BCUT2D eigenvalue weighted by molar-refractivity contribution is 5.71. The smallest absolute Gasteiger partial charge is 0.406 e. The molecule has 0 spiro atoms. The number of pyridine rings is 1. The summed E-state index contributed by atoms with van der Waals surface area (Å²) in [5, 5.41) is 10.6. The minimum atomic E-state index is -0.674. The van der Waals surface area contributed by atoms with E-state index in [0.717, 1.165) is 0 Å². The fraction of sp³-hybridized carbons (Fsp3) is 0.400. The first kappa shape index (κ1) is 12.9. The molecular formula is C10H12N2O5. The number of nitrogens with zero attached hydrogens (tertiary/aromatic N) is 2. The molecule has 0 unspecified atom stereocenters. The number of nitro groups is 1. The summed E-state index contributed by atoms with van der Waals surface area (Å²) >= 11 is 0. The molecule has 0 aliphatic carbocycles. The lowest BCUT2D eigenvalue weighted by Gasteiger charge is -2.05. The lowest BCUT2D eigenvalue weighted by Crippen LogP contribution is -2.15. The highest BCUT2D eigenvalue weighted by Gasteiger charge is 2.16. The van der Waals surface area contributed by atoms with Crippen LogP contribution in [-0.2, 0) is 9.53 Å². The Morgan fingerprint density at radius 2 is 2.35 bits per heavy atom. The molecule has 0 aliphatic rings. The van der Waals surface area contributed by atoms with Crippen LogP contribution in [0.3, 0.4) is 0 Å². The van der Waals surface area contributed by atoms with Crippen LogP contribution in [-0.4, -0.2) is 29.1 Å². The fourth-order valence-corrected chi connectivity index (χ4v) is 1.03. The van der Waals surface area contributed by atoms with E-state index >= 15 is 0 Å². The summed E-state index contributed by atoms with van der Waals surface area (Å²) in [6.07, 6.45) is 1.99. The van der Waals surface area contributed by atoms with E-state index in [1.807, 2.05) is 6.92 Å². The highest BCUT2D eigenvalue weighted by Crippen LogP contribution is 2.22. The first-order valence-electron chi connectivity index (χ1n) is 5.03. The monoisotopic (exact) mass is 240 g/mol. The van der Waals surface area contributed by atoms with Gasteiger partial charge >= 0.3 is 11.8 Å². The van der Waals surface area contributed by atoms with E-state index in [2.05, 4.69) is 4.98 Å². The quantitative estimate of drug-likeness (QED) is 0.423. The number of ether oxygens (including phenoxy) is 2. The van der Waals surface area contributed by atoms with Crippen LogP contribution >= 0.6 is 0 Å². The molecule has 0 aromatic carbocycles. The summed E-state index contributed by atoms with van der Waals surface area (Å²) in [4.78, 5) is 24.6. The Morgan fingerprint density at radius 3 is 3.00 bits per heavy atom. The predicted octanol–water partition coefficient (Wildman–Crippen LogP) is 1.32. The van der Waals surface area contributed by atoms with Gasteiger partial charge in [0.1, 0.15) is 6.20 Å². The zero-order valence-electron chi connectivity index (χ0n) is 9.29. The summed E-state index contributed by atoms with van der Waals surface area (Å²) in [5.41, 5.74) is 0. The van der Waals surface area contributed by atoms with E-state index in [-0.39, 0.29) is 12.4 Å². The number of hydrogen-bond donors (Lipinski definition) is 0. The van der Waals surface area contributed by atoms with Crippen LogP contribution in [0.25, 0.3) is 0 Å². The van der Waals surface area contributed by atoms with Gasteiger partial charge in [0.25, 0.3) is 0 Å². The second-order valence-corrected chi connectivity index (χ2v) is 3.09. The van der Waals surface area contributed by atoms with E-state index in [9.17, 15) is 14.9 Å². The molecule has 0 amide bonds. The summed E-state index contributed by atoms with van der Waals surface area (Å²) in [6.45, 7) is 1.80. The van der Waals surface area contributed by atoms with Crippen molar-refractivity contribution in [3.8, 4) is 5.75 Å². The van der Waals surface area contributed by atoms with Gasteiger partial charge in [0.2, 0.25) is 5.75 Å². The number of rotatable bonds is 6. The predicted molar refractivity (Wildman–Crippen MR) is 57.6 cm³/mol. The first-order valence-corrected chi connectivity index (χ1v) is 5.03. The molecule has 1 heterocycles. The van der Waals surface area contributed by atoms with Gasteiger partial charge in [-0.25, -0.2) is 4.79 Å². The first-order chi connectivity index (χ1) is 8.15. The van der Waals surface area contributed by atoms with Crippen molar-refractivity contribution in [3.05, 3.63) is 28.4 Å². The Morgan fingerprint density at radius 1 is 1.59 bits per heavy atom. The van der Waals surface area contributed by atoms with Gasteiger partial charge in [-0.3, -0.25) is 0 Å². The molecule has 0 radical (unpaired) electrons. The van der Waals surface area contributed by atoms with Crippen molar-refractivity contribution >= 4 is 11.8 Å². The maximum atomic E-state index is 11.1. The second kappa shape index (κ2) is 6.41. The second-order valence-electron chi connectivity index (χ2n) is 3.09. The molecule has 0 saturated heterocycles. The third-order valence-electron chi connectivity index (χ3n) is 1.74. The average Bonchev–Trinajstić information content (AvgIpc) is 2.34. The number of esters is 1. The van der Waals surface area contributed by atoms with Crippen molar-refractivity contribution in [3.63, 3.8) is 0 Å². The Bertz CT molecular complexity index is 407. The van der Waals surface area contributed by atoms with Crippen LogP contribution in [0, 0.1) is 10.1 Å². The average molecular weight is 240 g/mol. The maximum Gasteiger partial charge on any atom is 0.406 e. The lowest BCUT2D eigenvalue weighted by molar-refractivity contribution is -0.390. The molecule has 1 rings (SSSR count). The Balaban J connectivity index is 2.57. The van der Waals surface area contributed by atoms with Gasteiger partial charge in [-0.1, -0.05) is 6.92 Å². The van der Waals surface area contributed by atoms with E-state index in [1.165, 1.54) is 18.3 Å². The van der Waals surface area contributed by atoms with Gasteiger partial charge in [-0.2, -0.15) is 0 Å². The van der Waals surface area contributed by atoms with Gasteiger partial charge in [-0.15, -0.1) is 0 Å². The summed E-state index contributed by atoms with van der Waals surface area (Å²) in [6, 6.07) is 2.86. The van der Waals surface area contributed by atoms with Crippen LogP contribution in [0.15, 0.2) is 18.3 Å². The zero-order valence-corrected chi connectivity index (χ0v) is 9.29. The Labute approximate surface area is 97.5 Å². The highest BCUT2D eigenvalue weighted by atomic mass is 16.6. The molecule has 92 valence electrons. The third-order valence-corrected chi connectivity index (χ3v) is 1.74. The van der Waals surface area contributed by atoms with Gasteiger partial charge in [-0.05, 0) is 28.5 Å². The molecular weight excluding hydrogens is 228 g/mol. The van der Waals surface area contributed by atoms with Crippen molar-refractivity contribution in [1.29, 1.82) is 0 Å². The topological polar surface area (TPSA) is 91.6 Å². The van der Waals surface area contributed by atoms with E-state index in [0.29, 0.717) is 13.0 Å². The van der Waals surface area contributed by atoms with Crippen molar-refractivity contribution in [2.75, 3.05) is 13.2 Å². The summed E-state index contributed by atoms with van der Waals surface area (Å²) < 4.78 is 9.74. The van der Waals surface area contributed by atoms with E-state index in [1.54, 1.807) is 0 Å². The van der Waals surface area contributed by atoms with Crippen molar-refractivity contribution in [1.82, 2.24) is 4.98 Å². The van der Waals surface area contributed by atoms with Gasteiger partial charge in [0.05, 0.1) is 6.61 Å². The minimum absolute atomic E-state index is 0.0500.